The molecule has 7 heteroatoms. The molecule has 5 nitrogen and oxygen atoms in total. The number of hydrogen-bond donors (Lipinski definition) is 1. The number of thioether (sulfide) groups is 1. The maximum absolute atomic E-state index is 12.6. The Bertz CT molecular complexity index is 896. The van der Waals surface area contributed by atoms with Gasteiger partial charge in [-0.3, -0.25) is 4.79 Å². The Morgan fingerprint density at radius 2 is 1.86 bits per heavy atom. The van der Waals surface area contributed by atoms with Crippen molar-refractivity contribution in [3.63, 3.8) is 0 Å². The number of thiophene rings is 1. The van der Waals surface area contributed by atoms with Crippen LogP contribution < -0.4 is 5.32 Å². The number of hydrogen-bond acceptors (Lipinski definition) is 5. The lowest BCUT2D eigenvalue weighted by molar-refractivity contribution is -0.113. The van der Waals surface area contributed by atoms with Gasteiger partial charge in [-0.05, 0) is 41.8 Å². The van der Waals surface area contributed by atoms with E-state index in [1.165, 1.54) is 22.9 Å². The van der Waals surface area contributed by atoms with E-state index in [1.807, 2.05) is 11.4 Å². The van der Waals surface area contributed by atoms with E-state index in [9.17, 15) is 4.79 Å². The second kappa shape index (κ2) is 9.89. The molecule has 0 spiro atoms. The molecule has 0 radical (unpaired) electrons. The molecule has 1 aromatic carbocycles. The third-order valence-corrected chi connectivity index (χ3v) is 6.33. The van der Waals surface area contributed by atoms with Crippen LogP contribution in [0.1, 0.15) is 38.3 Å². The number of carbonyl (C=O) groups is 1. The van der Waals surface area contributed by atoms with Crippen LogP contribution in [-0.2, 0) is 24.2 Å². The van der Waals surface area contributed by atoms with Crippen LogP contribution in [0.25, 0.3) is 10.7 Å². The minimum Gasteiger partial charge on any atom is -0.325 e. The molecule has 0 aliphatic heterocycles. The standard InChI is InChI=1S/C21H26N4OS2/c1-4-12-25-20(17-11-8-13-27-17)23-24-21(25)28-14-18(26)22-19-15(5-2)9-7-10-16(19)6-3/h7-11,13H,4-6,12,14H2,1-3H3,(H,22,26). The van der Waals surface area contributed by atoms with E-state index in [-0.39, 0.29) is 5.91 Å². The number of aromatic nitrogens is 3. The van der Waals surface area contributed by atoms with Crippen LogP contribution in [0.3, 0.4) is 0 Å². The van der Waals surface area contributed by atoms with E-state index in [1.54, 1.807) is 11.3 Å². The molecular weight excluding hydrogens is 388 g/mol. The summed E-state index contributed by atoms with van der Waals surface area (Å²) in [4.78, 5) is 13.7. The minimum atomic E-state index is -0.00989. The van der Waals surface area contributed by atoms with Crippen molar-refractivity contribution in [2.75, 3.05) is 11.1 Å². The molecule has 148 valence electrons. The molecule has 0 fully saturated rings. The maximum Gasteiger partial charge on any atom is 0.234 e. The first-order chi connectivity index (χ1) is 13.7. The zero-order valence-corrected chi connectivity index (χ0v) is 18.2. The summed E-state index contributed by atoms with van der Waals surface area (Å²) >= 11 is 3.09. The zero-order chi connectivity index (χ0) is 19.9. The predicted octanol–water partition coefficient (Wildman–Crippen LogP) is 5.27. The molecule has 28 heavy (non-hydrogen) atoms. The number of anilines is 1. The summed E-state index contributed by atoms with van der Waals surface area (Å²) in [7, 11) is 0. The number of nitrogens with zero attached hydrogens (tertiary/aromatic N) is 3. The number of para-hydroxylation sites is 1. The van der Waals surface area contributed by atoms with Crippen molar-refractivity contribution in [3.8, 4) is 10.7 Å². The number of carbonyl (C=O) groups excluding carboxylic acids is 1. The third-order valence-electron chi connectivity index (χ3n) is 4.50. The fourth-order valence-electron chi connectivity index (χ4n) is 3.12. The lowest BCUT2D eigenvalue weighted by Gasteiger charge is -2.14. The quantitative estimate of drug-likeness (QED) is 0.484. The van der Waals surface area contributed by atoms with Crippen LogP contribution in [-0.4, -0.2) is 26.4 Å². The topological polar surface area (TPSA) is 59.8 Å². The van der Waals surface area contributed by atoms with Gasteiger partial charge >= 0.3 is 0 Å². The first kappa shape index (κ1) is 20.6. The fraction of sp³-hybridized carbons (Fsp3) is 0.381. The highest BCUT2D eigenvalue weighted by atomic mass is 32.2. The van der Waals surface area contributed by atoms with Crippen LogP contribution in [0, 0.1) is 0 Å². The minimum absolute atomic E-state index is 0.00989. The lowest BCUT2D eigenvalue weighted by Crippen LogP contribution is -2.17. The van der Waals surface area contributed by atoms with Crippen molar-refractivity contribution in [1.82, 2.24) is 14.8 Å². The lowest BCUT2D eigenvalue weighted by atomic mass is 10.0. The second-order valence-electron chi connectivity index (χ2n) is 6.43. The largest absolute Gasteiger partial charge is 0.325 e. The number of rotatable bonds is 9. The summed E-state index contributed by atoms with van der Waals surface area (Å²) in [5.74, 6) is 1.18. The SMILES string of the molecule is CCCn1c(SCC(=O)Nc2c(CC)cccc2CC)nnc1-c1cccs1. The van der Waals surface area contributed by atoms with E-state index < -0.39 is 0 Å². The van der Waals surface area contributed by atoms with Crippen LogP contribution in [0.5, 0.6) is 0 Å². The first-order valence-corrected chi connectivity index (χ1v) is 11.5. The Morgan fingerprint density at radius 1 is 1.11 bits per heavy atom. The van der Waals surface area contributed by atoms with Gasteiger partial charge in [-0.25, -0.2) is 0 Å². The van der Waals surface area contributed by atoms with E-state index in [0.717, 1.165) is 47.4 Å². The van der Waals surface area contributed by atoms with Gasteiger partial charge in [0.05, 0.1) is 10.6 Å². The molecule has 0 bridgehead atoms. The Morgan fingerprint density at radius 3 is 2.46 bits per heavy atom. The van der Waals surface area contributed by atoms with Gasteiger partial charge in [-0.2, -0.15) is 0 Å². The van der Waals surface area contributed by atoms with E-state index in [0.29, 0.717) is 5.75 Å². The van der Waals surface area contributed by atoms with Gasteiger partial charge in [-0.15, -0.1) is 21.5 Å². The molecule has 0 aliphatic rings. The van der Waals surface area contributed by atoms with E-state index in [2.05, 4.69) is 65.1 Å². The number of aryl methyl sites for hydroxylation is 2. The summed E-state index contributed by atoms with van der Waals surface area (Å²) < 4.78 is 2.11. The van der Waals surface area contributed by atoms with Crippen molar-refractivity contribution in [3.05, 3.63) is 46.8 Å². The van der Waals surface area contributed by atoms with Crippen LogP contribution in [0.4, 0.5) is 5.69 Å². The van der Waals surface area contributed by atoms with Crippen molar-refractivity contribution in [2.45, 2.75) is 51.7 Å². The molecule has 0 unspecified atom stereocenters. The fourth-order valence-corrected chi connectivity index (χ4v) is 4.60. The molecule has 0 atom stereocenters. The Hall–Kier alpha value is -2.12. The van der Waals surface area contributed by atoms with E-state index in [4.69, 9.17) is 0 Å². The van der Waals surface area contributed by atoms with Gasteiger partial charge in [-0.1, -0.05) is 56.8 Å². The summed E-state index contributed by atoms with van der Waals surface area (Å²) in [6.07, 6.45) is 2.77. The number of amides is 1. The van der Waals surface area contributed by atoms with Crippen molar-refractivity contribution in [2.24, 2.45) is 0 Å². The average Bonchev–Trinajstić information content (AvgIpc) is 3.36. The Kier molecular flexibility index (Phi) is 7.28. The molecule has 0 aliphatic carbocycles. The number of benzene rings is 1. The second-order valence-corrected chi connectivity index (χ2v) is 8.32. The molecule has 2 heterocycles. The van der Waals surface area contributed by atoms with Crippen LogP contribution >= 0.6 is 23.1 Å². The van der Waals surface area contributed by atoms with Gasteiger partial charge < -0.3 is 9.88 Å². The summed E-state index contributed by atoms with van der Waals surface area (Å²) in [5.41, 5.74) is 3.31. The van der Waals surface area contributed by atoms with Crippen LogP contribution in [0.2, 0.25) is 0 Å². The maximum atomic E-state index is 12.6. The molecule has 2 aromatic heterocycles. The van der Waals surface area contributed by atoms with Crippen molar-refractivity contribution >= 4 is 34.7 Å². The first-order valence-electron chi connectivity index (χ1n) is 9.68. The Labute approximate surface area is 174 Å². The monoisotopic (exact) mass is 414 g/mol. The molecule has 0 saturated heterocycles. The zero-order valence-electron chi connectivity index (χ0n) is 16.6. The number of nitrogens with one attached hydrogen (secondary N) is 1. The van der Waals surface area contributed by atoms with Crippen molar-refractivity contribution in [1.29, 1.82) is 0 Å². The molecule has 3 rings (SSSR count). The van der Waals surface area contributed by atoms with Crippen molar-refractivity contribution < 1.29 is 4.79 Å². The van der Waals surface area contributed by atoms with Crippen LogP contribution in [0.15, 0.2) is 40.9 Å². The summed E-state index contributed by atoms with van der Waals surface area (Å²) in [6, 6.07) is 10.3. The molecule has 3 aromatic rings. The predicted molar refractivity (Wildman–Crippen MR) is 118 cm³/mol. The molecule has 1 amide bonds. The van der Waals surface area contributed by atoms with Gasteiger partial charge in [0.15, 0.2) is 11.0 Å². The highest BCUT2D eigenvalue weighted by Gasteiger charge is 2.16. The van der Waals surface area contributed by atoms with E-state index >= 15 is 0 Å². The molecular formula is C21H26N4OS2. The van der Waals surface area contributed by atoms with Gasteiger partial charge in [0.2, 0.25) is 5.91 Å². The third kappa shape index (κ3) is 4.64. The smallest absolute Gasteiger partial charge is 0.234 e. The normalized spacial score (nSPS) is 11.0. The van der Waals surface area contributed by atoms with Gasteiger partial charge in [0.1, 0.15) is 0 Å². The van der Waals surface area contributed by atoms with Gasteiger partial charge in [0, 0.05) is 12.2 Å². The molecule has 1 N–H and O–H groups in total. The summed E-state index contributed by atoms with van der Waals surface area (Å²) in [5, 5.41) is 14.7. The highest BCUT2D eigenvalue weighted by Crippen LogP contribution is 2.28. The summed E-state index contributed by atoms with van der Waals surface area (Å²) in [6.45, 7) is 7.19. The molecule has 0 saturated carbocycles. The highest BCUT2D eigenvalue weighted by molar-refractivity contribution is 7.99. The van der Waals surface area contributed by atoms with Gasteiger partial charge in [0.25, 0.3) is 0 Å². The Balaban J connectivity index is 1.72. The average molecular weight is 415 g/mol.